The predicted octanol–water partition coefficient (Wildman–Crippen LogP) is 6.34. The molecular formula is C30H23Cl3N2O4S. The van der Waals surface area contributed by atoms with Gasteiger partial charge in [0.25, 0.3) is 5.56 Å². The Bertz CT molecular complexity index is 1810. The molecule has 0 saturated carbocycles. The number of carbonyl (C=O) groups is 1. The number of aromatic nitrogens is 1. The monoisotopic (exact) mass is 612 g/mol. The zero-order chi connectivity index (χ0) is 28.4. The molecule has 0 aliphatic carbocycles. The van der Waals surface area contributed by atoms with Gasteiger partial charge in [0, 0.05) is 20.6 Å². The topological polar surface area (TPSA) is 69.9 Å². The molecule has 2 heterocycles. The average molecular weight is 614 g/mol. The smallest absolute Gasteiger partial charge is 0.338 e. The van der Waals surface area contributed by atoms with Crippen molar-refractivity contribution in [3.63, 3.8) is 0 Å². The van der Waals surface area contributed by atoms with Crippen LogP contribution in [0.3, 0.4) is 0 Å². The predicted molar refractivity (Wildman–Crippen MR) is 159 cm³/mol. The third-order valence-electron chi connectivity index (χ3n) is 6.30. The first-order valence-corrected chi connectivity index (χ1v) is 14.3. The molecule has 6 nitrogen and oxygen atoms in total. The second-order valence-corrected chi connectivity index (χ2v) is 11.2. The van der Waals surface area contributed by atoms with Gasteiger partial charge in [-0.05, 0) is 61.4 Å². The standard InChI is InChI=1S/C30H23Cl3N2O4S/c1-3-38-29(37)26-17(2)34-30-35(27(26)22-6-4-5-7-23(22)32)28(36)25(40-30)14-18-8-12-21(13-9-18)39-16-19-10-11-20(31)15-24(19)33/h4-15,27H,3,16H2,1-2H3/b25-14-/t27-/m1/s1. The number of carbonyl (C=O) groups excluding carboxylic acids is 1. The summed E-state index contributed by atoms with van der Waals surface area (Å²) in [5, 5.41) is 1.54. The van der Waals surface area contributed by atoms with Gasteiger partial charge in [-0.1, -0.05) is 82.5 Å². The molecule has 0 bridgehead atoms. The lowest BCUT2D eigenvalue weighted by molar-refractivity contribution is -0.139. The average Bonchev–Trinajstić information content (AvgIpc) is 3.22. The highest BCUT2D eigenvalue weighted by Gasteiger charge is 2.34. The highest BCUT2D eigenvalue weighted by molar-refractivity contribution is 7.07. The maximum absolute atomic E-state index is 13.7. The van der Waals surface area contributed by atoms with Crippen molar-refractivity contribution in [2.24, 2.45) is 4.99 Å². The van der Waals surface area contributed by atoms with Crippen molar-refractivity contribution in [2.45, 2.75) is 26.5 Å². The van der Waals surface area contributed by atoms with E-state index in [0.717, 1.165) is 11.1 Å². The first-order chi connectivity index (χ1) is 19.3. The second kappa shape index (κ2) is 12.0. The Morgan fingerprint density at radius 3 is 2.50 bits per heavy atom. The van der Waals surface area contributed by atoms with Crippen molar-refractivity contribution < 1.29 is 14.3 Å². The van der Waals surface area contributed by atoms with Crippen LogP contribution in [0.15, 0.2) is 87.8 Å². The molecule has 40 heavy (non-hydrogen) atoms. The Labute approximate surface area is 249 Å². The summed E-state index contributed by atoms with van der Waals surface area (Å²) in [4.78, 5) is 31.8. The van der Waals surface area contributed by atoms with Crippen molar-refractivity contribution in [1.29, 1.82) is 0 Å². The minimum atomic E-state index is -0.762. The number of nitrogens with zero attached hydrogens (tertiary/aromatic N) is 2. The summed E-state index contributed by atoms with van der Waals surface area (Å²) in [6.07, 6.45) is 1.79. The number of allylic oxidation sites excluding steroid dienone is 1. The molecule has 204 valence electrons. The molecule has 0 N–H and O–H groups in total. The van der Waals surface area contributed by atoms with Gasteiger partial charge in [0.2, 0.25) is 0 Å². The maximum Gasteiger partial charge on any atom is 0.338 e. The van der Waals surface area contributed by atoms with E-state index in [2.05, 4.69) is 4.99 Å². The molecule has 0 spiro atoms. The van der Waals surface area contributed by atoms with E-state index in [1.807, 2.05) is 36.4 Å². The van der Waals surface area contributed by atoms with Gasteiger partial charge >= 0.3 is 5.97 Å². The van der Waals surface area contributed by atoms with E-state index in [9.17, 15) is 9.59 Å². The zero-order valence-corrected chi connectivity index (χ0v) is 24.6. The summed E-state index contributed by atoms with van der Waals surface area (Å²) < 4.78 is 13.2. The van der Waals surface area contributed by atoms with Gasteiger partial charge in [-0.25, -0.2) is 9.79 Å². The molecule has 0 unspecified atom stereocenters. The van der Waals surface area contributed by atoms with Crippen LogP contribution < -0.4 is 19.6 Å². The fourth-order valence-electron chi connectivity index (χ4n) is 4.39. The first-order valence-electron chi connectivity index (χ1n) is 12.4. The molecule has 1 aliphatic heterocycles. The van der Waals surface area contributed by atoms with E-state index in [1.54, 1.807) is 50.3 Å². The molecule has 1 aromatic heterocycles. The number of hydrogen-bond donors (Lipinski definition) is 0. The van der Waals surface area contributed by atoms with Crippen molar-refractivity contribution in [3.05, 3.63) is 129 Å². The summed E-state index contributed by atoms with van der Waals surface area (Å²) in [6.45, 7) is 3.96. The Morgan fingerprint density at radius 2 is 1.80 bits per heavy atom. The lowest BCUT2D eigenvalue weighted by Gasteiger charge is -2.25. The number of hydrogen-bond acceptors (Lipinski definition) is 6. The van der Waals surface area contributed by atoms with Crippen molar-refractivity contribution in [3.8, 4) is 5.75 Å². The van der Waals surface area contributed by atoms with Gasteiger partial charge in [0.15, 0.2) is 4.80 Å². The van der Waals surface area contributed by atoms with Crippen molar-refractivity contribution in [2.75, 3.05) is 6.61 Å². The highest BCUT2D eigenvalue weighted by atomic mass is 35.5. The molecule has 0 fully saturated rings. The molecule has 10 heteroatoms. The molecule has 0 saturated heterocycles. The lowest BCUT2D eigenvalue weighted by atomic mass is 9.96. The molecule has 4 aromatic rings. The largest absolute Gasteiger partial charge is 0.489 e. The molecule has 1 aliphatic rings. The van der Waals surface area contributed by atoms with Crippen LogP contribution >= 0.6 is 46.1 Å². The normalized spacial score (nSPS) is 15.0. The Kier molecular flexibility index (Phi) is 8.47. The Hall–Kier alpha value is -3.36. The quantitative estimate of drug-likeness (QED) is 0.228. The van der Waals surface area contributed by atoms with E-state index in [1.165, 1.54) is 15.9 Å². The fraction of sp³-hybridized carbons (Fsp3) is 0.167. The van der Waals surface area contributed by atoms with Crippen molar-refractivity contribution >= 4 is 58.2 Å². The van der Waals surface area contributed by atoms with E-state index >= 15 is 0 Å². The summed E-state index contributed by atoms with van der Waals surface area (Å²) in [5.41, 5.74) is 2.74. The lowest BCUT2D eigenvalue weighted by Crippen LogP contribution is -2.40. The molecule has 3 aromatic carbocycles. The van der Waals surface area contributed by atoms with Gasteiger partial charge < -0.3 is 9.47 Å². The molecule has 0 amide bonds. The third kappa shape index (κ3) is 5.74. The maximum atomic E-state index is 13.7. The number of esters is 1. The SMILES string of the molecule is CCOC(=O)C1=C(C)N=c2s/c(=C\c3ccc(OCc4ccc(Cl)cc4Cl)cc3)c(=O)n2[C@@H]1c1ccccc1Cl. The number of thiazole rings is 1. The van der Waals surface area contributed by atoms with Crippen LogP contribution in [0.5, 0.6) is 5.75 Å². The van der Waals surface area contributed by atoms with E-state index < -0.39 is 12.0 Å². The Morgan fingerprint density at radius 1 is 1.05 bits per heavy atom. The van der Waals surface area contributed by atoms with E-state index in [0.29, 0.717) is 41.4 Å². The molecular weight excluding hydrogens is 591 g/mol. The zero-order valence-electron chi connectivity index (χ0n) is 21.5. The van der Waals surface area contributed by atoms with Crippen LogP contribution in [0.4, 0.5) is 0 Å². The van der Waals surface area contributed by atoms with Crippen molar-refractivity contribution in [1.82, 2.24) is 4.57 Å². The fourth-order valence-corrected chi connectivity index (χ4v) is 6.14. The van der Waals surface area contributed by atoms with E-state index in [4.69, 9.17) is 44.3 Å². The number of fused-ring (bicyclic) bond motifs is 1. The first kappa shape index (κ1) is 28.2. The van der Waals surface area contributed by atoms with Gasteiger partial charge in [-0.3, -0.25) is 9.36 Å². The molecule has 1 atom stereocenters. The van der Waals surface area contributed by atoms with Crippen LogP contribution in [0.1, 0.15) is 36.6 Å². The summed E-state index contributed by atoms with van der Waals surface area (Å²) >= 11 is 20.0. The molecule has 5 rings (SSSR count). The minimum Gasteiger partial charge on any atom is -0.489 e. The second-order valence-electron chi connectivity index (χ2n) is 8.92. The van der Waals surface area contributed by atoms with Crippen LogP contribution in [0.25, 0.3) is 6.08 Å². The van der Waals surface area contributed by atoms with E-state index in [-0.39, 0.29) is 24.3 Å². The summed E-state index contributed by atoms with van der Waals surface area (Å²) in [5.74, 6) is 0.122. The Balaban J connectivity index is 1.49. The third-order valence-corrected chi connectivity index (χ3v) is 8.22. The van der Waals surface area contributed by atoms with Crippen LogP contribution in [0.2, 0.25) is 15.1 Å². The molecule has 0 radical (unpaired) electrons. The number of rotatable bonds is 7. The summed E-state index contributed by atoms with van der Waals surface area (Å²) in [7, 11) is 0. The summed E-state index contributed by atoms with van der Waals surface area (Å²) in [6, 6.07) is 19.0. The number of benzene rings is 3. The number of ether oxygens (including phenoxy) is 2. The van der Waals surface area contributed by atoms with Crippen LogP contribution in [0, 0.1) is 0 Å². The van der Waals surface area contributed by atoms with Gasteiger partial charge in [-0.15, -0.1) is 0 Å². The van der Waals surface area contributed by atoms with Crippen LogP contribution in [-0.4, -0.2) is 17.1 Å². The van der Waals surface area contributed by atoms with Crippen LogP contribution in [-0.2, 0) is 16.1 Å². The van der Waals surface area contributed by atoms with Gasteiger partial charge in [0.05, 0.1) is 22.4 Å². The number of halogens is 3. The van der Waals surface area contributed by atoms with Gasteiger partial charge in [-0.2, -0.15) is 0 Å². The minimum absolute atomic E-state index is 0.196. The van der Waals surface area contributed by atoms with Gasteiger partial charge in [0.1, 0.15) is 18.4 Å². The highest BCUT2D eigenvalue weighted by Crippen LogP contribution is 2.34.